The smallest absolute Gasteiger partial charge is 0.419 e. The molecule has 0 aliphatic carbocycles. The van der Waals surface area contributed by atoms with Gasteiger partial charge in [0.05, 0.1) is 34.3 Å². The maximum absolute atomic E-state index is 14.2. The number of alkyl halides is 3. The summed E-state index contributed by atoms with van der Waals surface area (Å²) in [4.78, 5) is 45.3. The molecule has 0 saturated carbocycles. The van der Waals surface area contributed by atoms with Crippen molar-refractivity contribution in [1.29, 1.82) is 0 Å². The van der Waals surface area contributed by atoms with Gasteiger partial charge in [-0.1, -0.05) is 30.3 Å². The summed E-state index contributed by atoms with van der Waals surface area (Å²) in [6.45, 7) is 8.09. The molecule has 2 fully saturated rings. The number of rotatable bonds is 13. The van der Waals surface area contributed by atoms with Crippen LogP contribution in [0.3, 0.4) is 0 Å². The van der Waals surface area contributed by atoms with Crippen LogP contribution in [0.2, 0.25) is 0 Å². The molecule has 3 aromatic carbocycles. The first-order valence-corrected chi connectivity index (χ1v) is 19.1. The zero-order valence-corrected chi connectivity index (χ0v) is 32.7. The van der Waals surface area contributed by atoms with Gasteiger partial charge in [-0.25, -0.2) is 4.98 Å². The number of nitrogens with zero attached hydrogens (tertiary/aromatic N) is 3. The zero-order valence-electron chi connectivity index (χ0n) is 32.7. The summed E-state index contributed by atoms with van der Waals surface area (Å²) in [6.07, 6.45) is -1.54. The largest absolute Gasteiger partial charge is 0.489 e. The van der Waals surface area contributed by atoms with Crippen LogP contribution in [0.25, 0.3) is 0 Å². The third-order valence-electron chi connectivity index (χ3n) is 10.2. The lowest BCUT2D eigenvalue weighted by atomic mass is 10.00. The fourth-order valence-corrected chi connectivity index (χ4v) is 7.29. The summed E-state index contributed by atoms with van der Waals surface area (Å²) >= 11 is 0. The van der Waals surface area contributed by atoms with Crippen LogP contribution in [-0.2, 0) is 22.3 Å². The Morgan fingerprint density at radius 3 is 2.35 bits per heavy atom. The van der Waals surface area contributed by atoms with Crippen LogP contribution in [0.4, 0.5) is 47.4 Å². The van der Waals surface area contributed by atoms with Crippen LogP contribution in [0.15, 0.2) is 72.9 Å². The molecule has 4 aromatic rings. The van der Waals surface area contributed by atoms with E-state index in [1.165, 1.54) is 19.2 Å². The van der Waals surface area contributed by atoms with Crippen LogP contribution in [0, 0.1) is 6.92 Å². The van der Waals surface area contributed by atoms with Crippen LogP contribution < -0.4 is 36.2 Å². The molecule has 2 saturated heterocycles. The van der Waals surface area contributed by atoms with Crippen LogP contribution in [0.1, 0.15) is 66.6 Å². The van der Waals surface area contributed by atoms with Crippen LogP contribution >= 0.6 is 0 Å². The monoisotopic (exact) mass is 786 g/mol. The van der Waals surface area contributed by atoms with Gasteiger partial charge in [-0.05, 0) is 82.5 Å². The van der Waals surface area contributed by atoms with Gasteiger partial charge in [-0.2, -0.15) is 13.2 Å². The first-order chi connectivity index (χ1) is 27.2. The maximum atomic E-state index is 14.2. The molecule has 57 heavy (non-hydrogen) atoms. The number of ether oxygens (including phenoxy) is 1. The van der Waals surface area contributed by atoms with Gasteiger partial charge in [-0.15, -0.1) is 0 Å². The standard InChI is InChI=1S/C42H49F3N8O4/c1-25(2)57-37-22-36(53-18-16-28(17-19-53)52(5)24-27-10-6-8-12-31(27)48-33-14-15-39(54)51-41(33)56)26(3)20-35(37)50-38-21-34(30(23-47-38)42(43,44)45)49-32-13-9-7-11-29(32)40(55)46-4/h6-13,20-23,25,28,33,48H,14-19,24H2,1-5H3,(H,46,55)(H2,47,49,50)(H,51,54,56). The van der Waals surface area contributed by atoms with Crippen LogP contribution in [-0.4, -0.2) is 73.0 Å². The summed E-state index contributed by atoms with van der Waals surface area (Å²) in [5.74, 6) is -0.301. The molecular formula is C42H49F3N8O4. The van der Waals surface area contributed by atoms with Crippen molar-refractivity contribution < 1.29 is 32.3 Å². The summed E-state index contributed by atoms with van der Waals surface area (Å²) in [5, 5.41) is 14.3. The normalized spacial score (nSPS) is 16.4. The highest BCUT2D eigenvalue weighted by Crippen LogP contribution is 2.40. The quantitative estimate of drug-likeness (QED) is 0.0874. The number of carbonyl (C=O) groups is 3. The number of para-hydroxylation sites is 2. The van der Waals surface area contributed by atoms with Crippen molar-refractivity contribution in [3.05, 3.63) is 95.2 Å². The van der Waals surface area contributed by atoms with E-state index in [4.69, 9.17) is 4.74 Å². The zero-order chi connectivity index (χ0) is 40.9. The highest BCUT2D eigenvalue weighted by molar-refractivity contribution is 6.01. The Morgan fingerprint density at radius 2 is 1.67 bits per heavy atom. The summed E-state index contributed by atoms with van der Waals surface area (Å²) in [6, 6.07) is 19.3. The number of halogens is 3. The minimum atomic E-state index is -4.71. The molecule has 3 amide bonds. The molecular weight excluding hydrogens is 738 g/mol. The predicted molar refractivity (Wildman–Crippen MR) is 216 cm³/mol. The minimum absolute atomic E-state index is 0.154. The van der Waals surface area contributed by atoms with Crippen molar-refractivity contribution in [3.63, 3.8) is 0 Å². The molecule has 0 radical (unpaired) electrons. The molecule has 1 aromatic heterocycles. The van der Waals surface area contributed by atoms with Crippen molar-refractivity contribution in [1.82, 2.24) is 20.5 Å². The van der Waals surface area contributed by atoms with Crippen molar-refractivity contribution in [3.8, 4) is 5.75 Å². The Morgan fingerprint density at radius 1 is 0.965 bits per heavy atom. The Bertz CT molecular complexity index is 2100. The van der Waals surface area contributed by atoms with Gasteiger partial charge in [0.2, 0.25) is 11.8 Å². The molecule has 0 bridgehead atoms. The number of nitrogens with one attached hydrogen (secondary N) is 5. The molecule has 6 rings (SSSR count). The molecule has 2 aliphatic rings. The number of benzene rings is 3. The molecule has 1 unspecified atom stereocenters. The van der Waals surface area contributed by atoms with Crippen molar-refractivity contribution in [2.45, 2.75) is 77.4 Å². The fraction of sp³-hybridized carbons (Fsp3) is 0.381. The van der Waals surface area contributed by atoms with Gasteiger partial charge in [0.1, 0.15) is 17.6 Å². The Labute approximate surface area is 330 Å². The van der Waals surface area contributed by atoms with E-state index in [1.54, 1.807) is 18.2 Å². The summed E-state index contributed by atoms with van der Waals surface area (Å²) in [5.41, 5.74) is 3.62. The lowest BCUT2D eigenvalue weighted by Gasteiger charge is -2.39. The molecule has 3 heterocycles. The van der Waals surface area contributed by atoms with E-state index >= 15 is 0 Å². The fourth-order valence-electron chi connectivity index (χ4n) is 7.29. The molecule has 2 aliphatic heterocycles. The van der Waals surface area contributed by atoms with Crippen molar-refractivity contribution in [2.75, 3.05) is 48.0 Å². The second-order valence-electron chi connectivity index (χ2n) is 14.7. The Balaban J connectivity index is 1.17. The van der Waals surface area contributed by atoms with E-state index in [1.807, 2.05) is 51.1 Å². The van der Waals surface area contributed by atoms with Crippen LogP contribution in [0.5, 0.6) is 5.75 Å². The Hall–Kier alpha value is -5.83. The predicted octanol–water partition coefficient (Wildman–Crippen LogP) is 7.36. The molecule has 15 heteroatoms. The van der Waals surface area contributed by atoms with Gasteiger partial charge < -0.3 is 30.9 Å². The number of carbonyl (C=O) groups excluding carboxylic acids is 3. The number of piperidine rings is 2. The van der Waals surface area contributed by atoms with E-state index in [9.17, 15) is 27.6 Å². The lowest BCUT2D eigenvalue weighted by Crippen LogP contribution is -2.47. The third-order valence-corrected chi connectivity index (χ3v) is 10.2. The van der Waals surface area contributed by atoms with Gasteiger partial charge >= 0.3 is 6.18 Å². The molecule has 12 nitrogen and oxygen atoms in total. The third kappa shape index (κ3) is 9.95. The molecule has 0 spiro atoms. The van der Waals surface area contributed by atoms with E-state index in [-0.39, 0.29) is 40.7 Å². The number of imide groups is 1. The second kappa shape index (κ2) is 17.5. The molecule has 302 valence electrons. The highest BCUT2D eigenvalue weighted by atomic mass is 19.4. The maximum Gasteiger partial charge on any atom is 0.419 e. The average Bonchev–Trinajstić information content (AvgIpc) is 3.17. The van der Waals surface area contributed by atoms with E-state index in [0.717, 1.165) is 54.6 Å². The minimum Gasteiger partial charge on any atom is -0.489 e. The van der Waals surface area contributed by atoms with Gasteiger partial charge in [0.25, 0.3) is 5.91 Å². The topological polar surface area (TPSA) is 140 Å². The van der Waals surface area contributed by atoms with E-state index in [2.05, 4.69) is 54.5 Å². The summed E-state index contributed by atoms with van der Waals surface area (Å²) < 4.78 is 48.8. The van der Waals surface area contributed by atoms with E-state index < -0.39 is 23.7 Å². The Kier molecular flexibility index (Phi) is 12.6. The number of pyridine rings is 1. The highest BCUT2D eigenvalue weighted by Gasteiger charge is 2.35. The van der Waals surface area contributed by atoms with Gasteiger partial charge in [-0.3, -0.25) is 24.6 Å². The molecule has 5 N–H and O–H groups in total. The number of anilines is 6. The number of hydrogen-bond donors (Lipinski definition) is 5. The number of aryl methyl sites for hydroxylation is 1. The number of hydrogen-bond acceptors (Lipinski definition) is 10. The lowest BCUT2D eigenvalue weighted by molar-refractivity contribution is -0.137. The van der Waals surface area contributed by atoms with Gasteiger partial charge in [0.15, 0.2) is 0 Å². The summed E-state index contributed by atoms with van der Waals surface area (Å²) in [7, 11) is 3.57. The SMILES string of the molecule is CNC(=O)c1ccccc1Nc1cc(Nc2cc(C)c(N3CCC(N(C)Cc4ccccc4NC4CCC(=O)NC4=O)CC3)cc2OC(C)C)ncc1C(F)(F)F. The number of aromatic nitrogens is 1. The number of amides is 3. The van der Waals surface area contributed by atoms with Crippen molar-refractivity contribution in [2.24, 2.45) is 0 Å². The first-order valence-electron chi connectivity index (χ1n) is 19.1. The second-order valence-corrected chi connectivity index (χ2v) is 14.7. The first kappa shape index (κ1) is 40.8. The van der Waals surface area contributed by atoms with Gasteiger partial charge in [0, 0.05) is 68.8 Å². The van der Waals surface area contributed by atoms with Crippen molar-refractivity contribution >= 4 is 52.0 Å². The van der Waals surface area contributed by atoms with E-state index in [0.29, 0.717) is 36.9 Å². The average molecular weight is 787 g/mol. The molecule has 1 atom stereocenters.